The first-order chi connectivity index (χ1) is 7.98. The third-order valence-electron chi connectivity index (χ3n) is 2.08. The number of fused-ring (bicyclic) bond motifs is 1. The summed E-state index contributed by atoms with van der Waals surface area (Å²) in [4.78, 5) is 15.0. The number of para-hydroxylation sites is 1. The summed E-state index contributed by atoms with van der Waals surface area (Å²) >= 11 is 0. The van der Waals surface area contributed by atoms with E-state index in [1.165, 1.54) is 12.3 Å². The number of alkyl halides is 3. The van der Waals surface area contributed by atoms with Crippen molar-refractivity contribution in [3.8, 4) is 0 Å². The van der Waals surface area contributed by atoms with Gasteiger partial charge in [-0.2, -0.15) is 18.0 Å². The largest absolute Gasteiger partial charge is 0.498 e. The summed E-state index contributed by atoms with van der Waals surface area (Å²) in [6, 6.07) is 9.82. The summed E-state index contributed by atoms with van der Waals surface area (Å²) in [5.74, 6) is -2.25. The third kappa shape index (κ3) is 2.35. The number of halogens is 3. The number of aromatic nitrogens is 1. The Kier molecular flexibility index (Phi) is 2.71. The fourth-order valence-corrected chi connectivity index (χ4v) is 1.36. The first kappa shape index (κ1) is 11.4. The molecule has 2 aromatic rings. The molecule has 0 bridgehead atoms. The molecule has 1 aromatic heterocycles. The molecule has 0 aliphatic carbocycles. The van der Waals surface area contributed by atoms with E-state index in [9.17, 15) is 18.0 Å². The lowest BCUT2D eigenvalue weighted by Gasteiger charge is -2.02. The Balaban J connectivity index is 2.40. The maximum absolute atomic E-state index is 12.0. The SMILES string of the molecule is O=C(O[n+]1cccc2ccccc21)C(F)(F)F. The van der Waals surface area contributed by atoms with E-state index in [0.29, 0.717) is 10.9 Å². The first-order valence-electron chi connectivity index (χ1n) is 4.67. The molecule has 0 atom stereocenters. The number of hydrogen-bond acceptors (Lipinski definition) is 2. The molecule has 0 fully saturated rings. The second-order valence-corrected chi connectivity index (χ2v) is 3.27. The van der Waals surface area contributed by atoms with Crippen LogP contribution in [0, 0.1) is 0 Å². The molecule has 0 aliphatic rings. The van der Waals surface area contributed by atoms with Crippen LogP contribution in [0.15, 0.2) is 42.6 Å². The Bertz CT molecular complexity index is 561. The molecule has 2 rings (SSSR count). The lowest BCUT2D eigenvalue weighted by atomic mass is 10.2. The highest BCUT2D eigenvalue weighted by Crippen LogP contribution is 2.14. The van der Waals surface area contributed by atoms with Gasteiger partial charge in [-0.15, -0.1) is 0 Å². The van der Waals surface area contributed by atoms with E-state index in [1.807, 2.05) is 0 Å². The molecule has 0 spiro atoms. The van der Waals surface area contributed by atoms with Crippen molar-refractivity contribution in [1.29, 1.82) is 0 Å². The lowest BCUT2D eigenvalue weighted by Crippen LogP contribution is -2.50. The van der Waals surface area contributed by atoms with Crippen molar-refractivity contribution in [2.24, 2.45) is 0 Å². The molecule has 1 aromatic carbocycles. The molecule has 3 nitrogen and oxygen atoms in total. The standard InChI is InChI=1S/C11H7F3NO2/c12-11(13,14)10(16)17-15-7-3-5-8-4-1-2-6-9(8)15/h1-7H/q+1. The Morgan fingerprint density at radius 2 is 1.76 bits per heavy atom. The van der Waals surface area contributed by atoms with Crippen molar-refractivity contribution in [3.05, 3.63) is 42.6 Å². The smallest absolute Gasteiger partial charge is 0.234 e. The second kappa shape index (κ2) is 4.04. The van der Waals surface area contributed by atoms with E-state index in [0.717, 1.165) is 4.73 Å². The van der Waals surface area contributed by atoms with Gasteiger partial charge >= 0.3 is 12.1 Å². The molecule has 17 heavy (non-hydrogen) atoms. The summed E-state index contributed by atoms with van der Waals surface area (Å²) < 4.78 is 36.9. The molecule has 0 amide bonds. The van der Waals surface area contributed by atoms with Crippen LogP contribution in [0.3, 0.4) is 0 Å². The highest BCUT2D eigenvalue weighted by molar-refractivity contribution is 5.77. The molecule has 88 valence electrons. The first-order valence-corrected chi connectivity index (χ1v) is 4.67. The van der Waals surface area contributed by atoms with Crippen molar-refractivity contribution >= 4 is 16.9 Å². The number of benzene rings is 1. The van der Waals surface area contributed by atoms with Crippen LogP contribution in [0.1, 0.15) is 0 Å². The Morgan fingerprint density at radius 3 is 2.47 bits per heavy atom. The molecular weight excluding hydrogens is 235 g/mol. The predicted octanol–water partition coefficient (Wildman–Crippen LogP) is 1.64. The van der Waals surface area contributed by atoms with Crippen molar-refractivity contribution in [2.75, 3.05) is 0 Å². The van der Waals surface area contributed by atoms with Crippen LogP contribution in [0.4, 0.5) is 13.2 Å². The van der Waals surface area contributed by atoms with Crippen molar-refractivity contribution in [2.45, 2.75) is 6.18 Å². The lowest BCUT2D eigenvalue weighted by molar-refractivity contribution is -0.850. The zero-order valence-electron chi connectivity index (χ0n) is 8.44. The van der Waals surface area contributed by atoms with Crippen LogP contribution >= 0.6 is 0 Å². The van der Waals surface area contributed by atoms with Gasteiger partial charge in [0.1, 0.15) is 0 Å². The number of nitrogens with zero attached hydrogens (tertiary/aromatic N) is 1. The van der Waals surface area contributed by atoms with Gasteiger partial charge < -0.3 is 0 Å². The molecule has 0 saturated heterocycles. The van der Waals surface area contributed by atoms with Gasteiger partial charge in [-0.25, -0.2) is 4.79 Å². The fourth-order valence-electron chi connectivity index (χ4n) is 1.36. The molecule has 0 radical (unpaired) electrons. The number of hydrogen-bond donors (Lipinski definition) is 0. The maximum Gasteiger partial charge on any atom is 0.498 e. The second-order valence-electron chi connectivity index (χ2n) is 3.27. The number of rotatable bonds is 1. The summed E-state index contributed by atoms with van der Waals surface area (Å²) in [6.07, 6.45) is -3.77. The molecular formula is C11H7F3NO2+. The van der Waals surface area contributed by atoms with E-state index in [2.05, 4.69) is 4.84 Å². The Morgan fingerprint density at radius 1 is 1.12 bits per heavy atom. The van der Waals surface area contributed by atoms with Crippen LogP contribution < -0.4 is 9.57 Å². The summed E-state index contributed by atoms with van der Waals surface area (Å²) in [7, 11) is 0. The maximum atomic E-state index is 12.0. The molecule has 1 heterocycles. The predicted molar refractivity (Wildman–Crippen MR) is 51.8 cm³/mol. The average Bonchev–Trinajstić information content (AvgIpc) is 2.28. The van der Waals surface area contributed by atoms with Crippen molar-refractivity contribution < 1.29 is 27.5 Å². The number of pyridine rings is 1. The van der Waals surface area contributed by atoms with Gasteiger partial charge in [0.2, 0.25) is 6.20 Å². The number of carbonyl (C=O) groups is 1. The summed E-state index contributed by atoms with van der Waals surface area (Å²) in [5, 5.41) is 0.671. The molecule has 0 unspecified atom stereocenters. The summed E-state index contributed by atoms with van der Waals surface area (Å²) in [5.41, 5.74) is 0.382. The minimum atomic E-state index is -5.01. The topological polar surface area (TPSA) is 30.2 Å². The van der Waals surface area contributed by atoms with E-state index >= 15 is 0 Å². The van der Waals surface area contributed by atoms with Gasteiger partial charge in [0.25, 0.3) is 5.52 Å². The van der Waals surface area contributed by atoms with E-state index < -0.39 is 12.1 Å². The third-order valence-corrected chi connectivity index (χ3v) is 2.08. The Hall–Kier alpha value is -2.11. The van der Waals surface area contributed by atoms with Crippen LogP contribution in [0.25, 0.3) is 10.9 Å². The van der Waals surface area contributed by atoms with E-state index in [4.69, 9.17) is 0 Å². The normalized spacial score (nSPS) is 11.5. The minimum absolute atomic E-state index is 0.382. The molecule has 6 heteroatoms. The van der Waals surface area contributed by atoms with Gasteiger partial charge in [0.15, 0.2) is 0 Å². The van der Waals surface area contributed by atoms with Gasteiger partial charge in [-0.3, -0.25) is 0 Å². The fraction of sp³-hybridized carbons (Fsp3) is 0.0909. The zero-order chi connectivity index (χ0) is 12.5. The van der Waals surface area contributed by atoms with Gasteiger partial charge in [-0.1, -0.05) is 12.1 Å². The van der Waals surface area contributed by atoms with Crippen LogP contribution in [-0.4, -0.2) is 12.1 Å². The minimum Gasteiger partial charge on any atom is -0.234 e. The molecule has 0 aliphatic heterocycles. The van der Waals surface area contributed by atoms with Crippen LogP contribution in [-0.2, 0) is 4.79 Å². The Labute approximate surface area is 94.0 Å². The van der Waals surface area contributed by atoms with Crippen LogP contribution in [0.5, 0.6) is 0 Å². The zero-order valence-corrected chi connectivity index (χ0v) is 8.44. The highest BCUT2D eigenvalue weighted by Gasteiger charge is 2.45. The van der Waals surface area contributed by atoms with E-state index in [1.54, 1.807) is 30.3 Å². The highest BCUT2D eigenvalue weighted by atomic mass is 19.4. The summed E-state index contributed by atoms with van der Waals surface area (Å²) in [6.45, 7) is 0. The monoisotopic (exact) mass is 242 g/mol. The molecule has 0 N–H and O–H groups in total. The van der Waals surface area contributed by atoms with Gasteiger partial charge in [0, 0.05) is 16.9 Å². The van der Waals surface area contributed by atoms with Gasteiger partial charge in [-0.05, 0) is 12.1 Å². The quantitative estimate of drug-likeness (QED) is 0.712. The van der Waals surface area contributed by atoms with Crippen molar-refractivity contribution in [3.63, 3.8) is 0 Å². The van der Waals surface area contributed by atoms with Crippen molar-refractivity contribution in [1.82, 2.24) is 0 Å². The number of carbonyl (C=O) groups excluding carboxylic acids is 1. The average molecular weight is 242 g/mol. The van der Waals surface area contributed by atoms with Crippen LogP contribution in [0.2, 0.25) is 0 Å². The van der Waals surface area contributed by atoms with Gasteiger partial charge in [0.05, 0.1) is 5.39 Å². The molecule has 0 saturated carbocycles. The van der Waals surface area contributed by atoms with E-state index in [-0.39, 0.29) is 0 Å².